The number of hydrogen-bond acceptors (Lipinski definition) is 4. The van der Waals surface area contributed by atoms with Crippen molar-refractivity contribution in [3.05, 3.63) is 216 Å². The van der Waals surface area contributed by atoms with Crippen molar-refractivity contribution in [2.75, 3.05) is 16.5 Å². The maximum Gasteiger partial charge on any atom is 0.137 e. The maximum atomic E-state index is 9.19. The monoisotopic (exact) mass is 988 g/mol. The van der Waals surface area contributed by atoms with Gasteiger partial charge < -0.3 is 14.5 Å². The molecule has 1 aliphatic rings. The largest absolute Gasteiger partial charge is 0.457 e. The van der Waals surface area contributed by atoms with E-state index in [2.05, 4.69) is 219 Å². The molecule has 0 bridgehead atoms. The molecule has 0 atom stereocenters. The Morgan fingerprint density at radius 3 is 1.75 bits per heavy atom. The lowest BCUT2D eigenvalue weighted by atomic mass is 9.79. The van der Waals surface area contributed by atoms with Crippen molar-refractivity contribution in [2.45, 2.75) is 105 Å². The molecule has 3 heterocycles. The van der Waals surface area contributed by atoms with E-state index in [1.807, 2.05) is 42.6 Å². The van der Waals surface area contributed by atoms with Gasteiger partial charge in [-0.25, -0.2) is 4.98 Å². The smallest absolute Gasteiger partial charge is 0.137 e. The summed E-state index contributed by atoms with van der Waals surface area (Å²) in [5, 5.41) is 2.22. The van der Waals surface area contributed by atoms with Gasteiger partial charge in [-0.3, -0.25) is 4.57 Å². The van der Waals surface area contributed by atoms with Gasteiger partial charge in [0.1, 0.15) is 24.0 Å². The van der Waals surface area contributed by atoms with Crippen LogP contribution < -0.4 is 14.5 Å². The number of anilines is 4. The second-order valence-electron chi connectivity index (χ2n) is 24.3. The van der Waals surface area contributed by atoms with Crippen molar-refractivity contribution in [1.29, 1.82) is 0 Å². The molecule has 11 rings (SSSR count). The lowest BCUT2D eigenvalue weighted by Crippen LogP contribution is -2.25. The summed E-state index contributed by atoms with van der Waals surface area (Å²) in [6.07, 6.45) is 1.91. The van der Waals surface area contributed by atoms with Crippen molar-refractivity contribution >= 4 is 44.6 Å². The normalized spacial score (nSPS) is 14.2. The topological polar surface area (TPSA) is 33.5 Å². The third kappa shape index (κ3) is 9.50. The number of aromatic nitrogens is 2. The van der Waals surface area contributed by atoms with E-state index in [0.29, 0.717) is 23.7 Å². The third-order valence-corrected chi connectivity index (χ3v) is 14.8. The molecule has 0 saturated heterocycles. The molecule has 2 aromatic heterocycles. The van der Waals surface area contributed by atoms with Crippen LogP contribution in [-0.2, 0) is 21.7 Å². The second-order valence-corrected chi connectivity index (χ2v) is 24.3. The summed E-state index contributed by atoms with van der Waals surface area (Å²) in [7, 11) is 0. The van der Waals surface area contributed by atoms with Crippen LogP contribution >= 0.6 is 0 Å². The van der Waals surface area contributed by atoms with Gasteiger partial charge in [-0.1, -0.05) is 198 Å². The molecule has 0 saturated carbocycles. The van der Waals surface area contributed by atoms with Crippen LogP contribution in [0, 0.1) is 0 Å². The van der Waals surface area contributed by atoms with Crippen LogP contribution in [0.1, 0.15) is 112 Å². The number of ether oxygens (including phenoxy) is 1. The molecule has 0 unspecified atom stereocenters. The van der Waals surface area contributed by atoms with Crippen molar-refractivity contribution in [2.24, 2.45) is 0 Å². The average molecular weight is 988 g/mol. The van der Waals surface area contributed by atoms with Gasteiger partial charge >= 0.3 is 0 Å². The number of nitrogens with zero attached hydrogens (tertiary/aromatic N) is 4. The van der Waals surface area contributed by atoms with Crippen LogP contribution in [0.3, 0.4) is 0 Å². The van der Waals surface area contributed by atoms with E-state index >= 15 is 0 Å². The molecule has 5 nitrogen and oxygen atoms in total. The Labute approximate surface area is 452 Å². The van der Waals surface area contributed by atoms with Crippen LogP contribution in [0.15, 0.2) is 194 Å². The van der Waals surface area contributed by atoms with Crippen molar-refractivity contribution in [3.63, 3.8) is 0 Å². The Balaban J connectivity index is 1.01. The van der Waals surface area contributed by atoms with E-state index in [1.54, 1.807) is 0 Å². The first kappa shape index (κ1) is 43.5. The summed E-state index contributed by atoms with van der Waals surface area (Å²) in [6, 6.07) is 53.6. The number of benzene rings is 8. The number of hydrogen-bond donors (Lipinski definition) is 0. The molecule has 376 valence electrons. The first-order valence-corrected chi connectivity index (χ1v) is 26.2. The molecule has 0 amide bonds. The van der Waals surface area contributed by atoms with E-state index in [0.717, 1.165) is 72.6 Å². The fraction of sp³-hybridized carbons (Fsp3) is 0.243. The summed E-state index contributed by atoms with van der Waals surface area (Å²) >= 11 is 0. The zero-order valence-corrected chi connectivity index (χ0v) is 45.5. The predicted octanol–water partition coefficient (Wildman–Crippen LogP) is 19.4. The minimum absolute atomic E-state index is 0.0226. The first-order valence-electron chi connectivity index (χ1n) is 28.7. The van der Waals surface area contributed by atoms with Gasteiger partial charge in [-0.2, -0.15) is 0 Å². The number of rotatable bonds is 8. The Hall–Kier alpha value is -7.89. The standard InChI is InChI=1S/C70H70N4O/c1-67(2,3)50-24-18-23-48(37-50)58-28-20-27-57(46-21-14-13-15-22-46)66(58)73-45-72(62-29-16-17-30-63(62)73)54-25-19-26-55(43-54)75-56-32-33-59-60-40-47(49-38-52(69(7,8)9)41-53(39-49)70(10,11)12)31-34-61(60)74(64(59)44-56)65-42-51(35-36-71-65)68(4,5)6/h13-44H,45H2,1-12H3/i13D,14D,15D,21D,22D. The summed E-state index contributed by atoms with van der Waals surface area (Å²) in [5.41, 5.74) is 15.1. The molecule has 5 heteroatoms. The number of fused-ring (bicyclic) bond motifs is 4. The molecule has 0 spiro atoms. The van der Waals surface area contributed by atoms with Crippen LogP contribution in [0.5, 0.6) is 11.5 Å². The molecule has 75 heavy (non-hydrogen) atoms. The first-order chi connectivity index (χ1) is 37.8. The van der Waals surface area contributed by atoms with E-state index in [9.17, 15) is 2.74 Å². The Bertz CT molecular complexity index is 4030. The zero-order chi connectivity index (χ0) is 57.0. The van der Waals surface area contributed by atoms with Gasteiger partial charge in [0.25, 0.3) is 0 Å². The van der Waals surface area contributed by atoms with Gasteiger partial charge in [0.05, 0.1) is 34.9 Å². The van der Waals surface area contributed by atoms with Gasteiger partial charge in [0, 0.05) is 45.9 Å². The molecule has 0 aliphatic carbocycles. The van der Waals surface area contributed by atoms with Crippen molar-refractivity contribution < 1.29 is 11.6 Å². The fourth-order valence-corrected chi connectivity index (χ4v) is 10.4. The lowest BCUT2D eigenvalue weighted by molar-refractivity contribution is 0.483. The highest BCUT2D eigenvalue weighted by Crippen LogP contribution is 2.51. The minimum Gasteiger partial charge on any atom is -0.457 e. The molecule has 0 fully saturated rings. The summed E-state index contributed by atoms with van der Waals surface area (Å²) in [4.78, 5) is 9.47. The second kappa shape index (κ2) is 18.5. The Morgan fingerprint density at radius 1 is 0.440 bits per heavy atom. The van der Waals surface area contributed by atoms with Gasteiger partial charge in [-0.05, 0) is 127 Å². The van der Waals surface area contributed by atoms with Crippen LogP contribution in [-0.4, -0.2) is 16.2 Å². The molecular weight excluding hydrogens is 913 g/mol. The van der Waals surface area contributed by atoms with Crippen LogP contribution in [0.2, 0.25) is 0 Å². The average Bonchev–Trinajstić information content (AvgIpc) is 3.97. The molecule has 0 N–H and O–H groups in total. The van der Waals surface area contributed by atoms with E-state index in [-0.39, 0.29) is 51.4 Å². The van der Waals surface area contributed by atoms with E-state index < -0.39 is 6.04 Å². The van der Waals surface area contributed by atoms with Gasteiger partial charge in [0.2, 0.25) is 0 Å². The highest BCUT2D eigenvalue weighted by Gasteiger charge is 2.32. The Morgan fingerprint density at radius 2 is 1.05 bits per heavy atom. The Kier molecular flexibility index (Phi) is 10.7. The number of para-hydroxylation sites is 3. The molecule has 8 aromatic carbocycles. The highest BCUT2D eigenvalue weighted by atomic mass is 16.5. The lowest BCUT2D eigenvalue weighted by Gasteiger charge is -2.28. The highest BCUT2D eigenvalue weighted by molar-refractivity contribution is 6.11. The van der Waals surface area contributed by atoms with E-state index in [4.69, 9.17) is 13.8 Å². The predicted molar refractivity (Wildman–Crippen MR) is 318 cm³/mol. The molecular formula is C70H70N4O. The van der Waals surface area contributed by atoms with E-state index in [1.165, 1.54) is 22.3 Å². The summed E-state index contributed by atoms with van der Waals surface area (Å²) in [5.74, 6) is 2.17. The zero-order valence-electron chi connectivity index (χ0n) is 50.5. The van der Waals surface area contributed by atoms with Crippen molar-refractivity contribution in [1.82, 2.24) is 9.55 Å². The quantitative estimate of drug-likeness (QED) is 0.152. The maximum absolute atomic E-state index is 9.19. The molecule has 10 aromatic rings. The van der Waals surface area contributed by atoms with Gasteiger partial charge in [0.15, 0.2) is 0 Å². The summed E-state index contributed by atoms with van der Waals surface area (Å²) in [6.45, 7) is 27.3. The minimum atomic E-state index is -0.425. The number of pyridine rings is 1. The molecule has 0 radical (unpaired) electrons. The third-order valence-electron chi connectivity index (χ3n) is 14.8. The van der Waals surface area contributed by atoms with Crippen LogP contribution in [0.4, 0.5) is 22.7 Å². The van der Waals surface area contributed by atoms with Gasteiger partial charge in [-0.15, -0.1) is 0 Å². The fourth-order valence-electron chi connectivity index (χ4n) is 10.4. The SMILES string of the molecule is [2H]c1c([2H])c([2H])c(-c2cccc(-c3cccc(C(C)(C)C)c3)c2N2CN(c3cccc(Oc4ccc5c6cc(-c7cc(C(C)(C)C)cc(C(C)(C)C)c7)ccc6n(-c6cc(C(C)(C)C)ccn6)c5c4)c3)c3ccccc32)c([2H])c1[2H]. The van der Waals surface area contributed by atoms with Crippen LogP contribution in [0.25, 0.3) is 61.0 Å². The summed E-state index contributed by atoms with van der Waals surface area (Å²) < 4.78 is 53.5. The van der Waals surface area contributed by atoms with Crippen molar-refractivity contribution in [3.8, 4) is 50.7 Å². The molecule has 1 aliphatic heterocycles.